The second kappa shape index (κ2) is 16.3. The Morgan fingerprint density at radius 1 is 0.787 bits per heavy atom. The van der Waals surface area contributed by atoms with Gasteiger partial charge in [0.25, 0.3) is 0 Å². The maximum Gasteiger partial charge on any atom is 0.407 e. The Labute approximate surface area is 351 Å². The molecule has 4 amide bonds. The van der Waals surface area contributed by atoms with Crippen molar-refractivity contribution < 1.29 is 37.4 Å². The quantitative estimate of drug-likeness (QED) is 0.0902. The first-order valence-electron chi connectivity index (χ1n) is 20.5. The molecule has 322 valence electrons. The zero-order valence-electron chi connectivity index (χ0n) is 34.5. The van der Waals surface area contributed by atoms with E-state index >= 15 is 0 Å². The summed E-state index contributed by atoms with van der Waals surface area (Å²) in [5, 5.41) is 16.1. The van der Waals surface area contributed by atoms with Gasteiger partial charge in [-0.25, -0.2) is 23.2 Å². The highest BCUT2D eigenvalue weighted by Crippen LogP contribution is 2.36. The molecule has 4 atom stereocenters. The summed E-state index contributed by atoms with van der Waals surface area (Å²) in [6.07, 6.45) is 3.95. The number of rotatable bonds is 12. The summed E-state index contributed by atoms with van der Waals surface area (Å²) in [7, 11) is -2.73. The number of aromatic amines is 4. The van der Waals surface area contributed by atoms with Crippen LogP contribution in [0, 0.1) is 11.8 Å². The molecule has 4 unspecified atom stereocenters. The number of methoxy groups -OCH3 is 1. The highest BCUT2D eigenvalue weighted by molar-refractivity contribution is 7.91. The third kappa shape index (κ3) is 7.82. The summed E-state index contributed by atoms with van der Waals surface area (Å²) >= 11 is 0. The Kier molecular flexibility index (Phi) is 11.1. The van der Waals surface area contributed by atoms with E-state index in [4.69, 9.17) is 9.72 Å². The molecule has 2 saturated heterocycles. The van der Waals surface area contributed by atoms with Crippen molar-refractivity contribution in [2.75, 3.05) is 26.8 Å². The predicted octanol–water partition coefficient (Wildman–Crippen LogP) is 4.59. The van der Waals surface area contributed by atoms with Crippen LogP contribution >= 0.6 is 0 Å². The fourth-order valence-electron chi connectivity index (χ4n) is 8.55. The van der Waals surface area contributed by atoms with E-state index in [1.54, 1.807) is 34.2 Å². The topological polar surface area (TPSA) is 251 Å². The SMILES string of the molecule is COC(=O)NC(C(=O)N1CCCC1c1ncc(-c2cc3cc4cc(S(=O)(=O)c5ccc6nc(C7CCCN7C(=O)C(NC(=O)CO)C(C)C)[nH]c6c5)[nH]c4cc3[nH]2)[nH]1)C(C)C. The van der Waals surface area contributed by atoms with Crippen LogP contribution in [0.1, 0.15) is 77.1 Å². The number of fused-ring (bicyclic) bond motifs is 3. The second-order valence-electron chi connectivity index (χ2n) is 16.5. The molecular weight excluding hydrogens is 805 g/mol. The van der Waals surface area contributed by atoms with Crippen molar-refractivity contribution in [1.82, 2.24) is 50.3 Å². The Hall–Kier alpha value is -6.21. The molecule has 18 nitrogen and oxygen atoms in total. The van der Waals surface area contributed by atoms with Crippen LogP contribution in [-0.4, -0.2) is 116 Å². The molecule has 61 heavy (non-hydrogen) atoms. The predicted molar refractivity (Wildman–Crippen MR) is 225 cm³/mol. The van der Waals surface area contributed by atoms with Gasteiger partial charge in [0.15, 0.2) is 0 Å². The van der Waals surface area contributed by atoms with Crippen molar-refractivity contribution >= 4 is 66.5 Å². The van der Waals surface area contributed by atoms with Crippen LogP contribution in [0.15, 0.2) is 58.6 Å². The minimum atomic E-state index is -4.00. The molecule has 6 aromatic rings. The number of nitrogens with one attached hydrogen (secondary N) is 6. The molecule has 6 heterocycles. The number of H-pyrrole nitrogens is 4. The zero-order valence-corrected chi connectivity index (χ0v) is 35.4. The average molecular weight is 855 g/mol. The van der Waals surface area contributed by atoms with Gasteiger partial charge in [-0.05, 0) is 80.0 Å². The van der Waals surface area contributed by atoms with Crippen LogP contribution in [0.4, 0.5) is 4.79 Å². The number of carbonyl (C=O) groups is 4. The van der Waals surface area contributed by atoms with Crippen molar-refractivity contribution in [3.05, 3.63) is 60.3 Å². The minimum Gasteiger partial charge on any atom is -0.453 e. The van der Waals surface area contributed by atoms with Gasteiger partial charge >= 0.3 is 6.09 Å². The van der Waals surface area contributed by atoms with E-state index in [0.29, 0.717) is 53.1 Å². The van der Waals surface area contributed by atoms with Gasteiger partial charge in [0.1, 0.15) is 35.4 Å². The molecule has 0 aliphatic carbocycles. The Balaban J connectivity index is 1.00. The van der Waals surface area contributed by atoms with Gasteiger partial charge in [-0.1, -0.05) is 27.7 Å². The summed E-state index contributed by atoms with van der Waals surface area (Å²) in [4.78, 5) is 77.2. The van der Waals surface area contributed by atoms with Gasteiger partial charge in [0.05, 0.1) is 52.7 Å². The number of imidazole rings is 2. The normalized spacial score (nSPS) is 18.2. The van der Waals surface area contributed by atoms with Gasteiger partial charge in [0, 0.05) is 34.9 Å². The number of aliphatic hydroxyl groups is 1. The van der Waals surface area contributed by atoms with Crippen LogP contribution in [0.5, 0.6) is 0 Å². The maximum atomic E-state index is 14.0. The molecule has 0 radical (unpaired) electrons. The van der Waals surface area contributed by atoms with Gasteiger partial charge in [0.2, 0.25) is 27.6 Å². The zero-order chi connectivity index (χ0) is 43.3. The standard InChI is InChI=1S/C42H50N10O8S/c1-21(2)36(49-34(54)20-53)40(55)52-13-7-9-33(52)39-46-26-11-10-25(17-30(26)47-39)61(58,59)35-16-24-14-23-15-29(44-27(23)18-28(24)45-35)31-19-43-38(48-31)32-8-6-12-51(32)41(56)37(22(3)4)50-42(57)60-5/h10-11,14-19,21-22,32-33,36-37,44-45,53H,6-9,12-13,20H2,1-5H3,(H,43,48)(H,46,47)(H,49,54)(H,50,57). The first-order valence-corrected chi connectivity index (χ1v) is 22.0. The number of alkyl carbamates (subject to hydrolysis) is 1. The van der Waals surface area contributed by atoms with Crippen molar-refractivity contribution in [2.24, 2.45) is 11.8 Å². The van der Waals surface area contributed by atoms with Crippen molar-refractivity contribution in [3.8, 4) is 11.4 Å². The van der Waals surface area contributed by atoms with Crippen LogP contribution in [0.3, 0.4) is 0 Å². The number of sulfone groups is 1. The first-order chi connectivity index (χ1) is 29.2. The molecule has 19 heteroatoms. The molecule has 2 aliphatic heterocycles. The average Bonchev–Trinajstić information content (AvgIpc) is 4.09. The summed E-state index contributed by atoms with van der Waals surface area (Å²) in [6.45, 7) is 7.69. The Morgan fingerprint density at radius 2 is 1.43 bits per heavy atom. The number of aromatic nitrogens is 6. The van der Waals surface area contributed by atoms with E-state index < -0.39 is 46.6 Å². The van der Waals surface area contributed by atoms with Crippen molar-refractivity contribution in [3.63, 3.8) is 0 Å². The van der Waals surface area contributed by atoms with Crippen LogP contribution in [-0.2, 0) is 29.0 Å². The van der Waals surface area contributed by atoms with Gasteiger partial charge in [-0.3, -0.25) is 14.4 Å². The highest BCUT2D eigenvalue weighted by atomic mass is 32.2. The summed E-state index contributed by atoms with van der Waals surface area (Å²) < 4.78 is 32.8. The lowest BCUT2D eigenvalue weighted by molar-refractivity contribution is -0.139. The largest absolute Gasteiger partial charge is 0.453 e. The summed E-state index contributed by atoms with van der Waals surface area (Å²) in [6, 6.07) is 9.82. The number of hydrogen-bond donors (Lipinski definition) is 7. The number of nitrogens with zero attached hydrogens (tertiary/aromatic N) is 4. The van der Waals surface area contributed by atoms with Crippen molar-refractivity contribution in [2.45, 2.75) is 87.5 Å². The molecule has 2 aromatic carbocycles. The van der Waals surface area contributed by atoms with Gasteiger partial charge < -0.3 is 50.2 Å². The monoisotopic (exact) mass is 854 g/mol. The van der Waals surface area contributed by atoms with E-state index in [0.717, 1.165) is 41.6 Å². The fourth-order valence-corrected chi connectivity index (χ4v) is 9.85. The number of benzene rings is 2. The summed E-state index contributed by atoms with van der Waals surface area (Å²) in [5.74, 6) is -0.271. The molecule has 2 fully saturated rings. The van der Waals surface area contributed by atoms with Crippen LogP contribution < -0.4 is 10.6 Å². The number of amides is 4. The lowest BCUT2D eigenvalue weighted by Gasteiger charge is -2.30. The van der Waals surface area contributed by atoms with Crippen molar-refractivity contribution in [1.29, 1.82) is 0 Å². The van der Waals surface area contributed by atoms with Gasteiger partial charge in [-0.15, -0.1) is 0 Å². The summed E-state index contributed by atoms with van der Waals surface area (Å²) in [5.41, 5.74) is 3.94. The molecule has 0 spiro atoms. The fraction of sp³-hybridized carbons (Fsp3) is 0.429. The number of likely N-dealkylation sites (tertiary alicyclic amines) is 2. The first kappa shape index (κ1) is 41.5. The molecule has 8 rings (SSSR count). The second-order valence-corrected chi connectivity index (χ2v) is 18.4. The lowest BCUT2D eigenvalue weighted by Crippen LogP contribution is -2.51. The smallest absolute Gasteiger partial charge is 0.407 e. The van der Waals surface area contributed by atoms with E-state index in [1.165, 1.54) is 13.2 Å². The lowest BCUT2D eigenvalue weighted by atomic mass is 10.0. The molecule has 4 aromatic heterocycles. The Morgan fingerprint density at radius 3 is 2.08 bits per heavy atom. The van der Waals surface area contributed by atoms with E-state index in [1.807, 2.05) is 45.9 Å². The van der Waals surface area contributed by atoms with Crippen LogP contribution in [0.2, 0.25) is 0 Å². The van der Waals surface area contributed by atoms with Crippen LogP contribution in [0.25, 0.3) is 44.2 Å². The Bertz CT molecular complexity index is 2720. The van der Waals surface area contributed by atoms with E-state index in [2.05, 4.69) is 35.6 Å². The molecule has 7 N–H and O–H groups in total. The molecule has 0 bridgehead atoms. The molecule has 2 aliphatic rings. The van der Waals surface area contributed by atoms with Gasteiger partial charge in [-0.2, -0.15) is 0 Å². The minimum absolute atomic E-state index is 0.0297. The molecular formula is C42H50N10O8S. The number of carbonyl (C=O) groups excluding carboxylic acids is 4. The van der Waals surface area contributed by atoms with E-state index in [-0.39, 0.29) is 39.6 Å². The third-order valence-corrected chi connectivity index (χ3v) is 13.5. The highest BCUT2D eigenvalue weighted by Gasteiger charge is 2.39. The van der Waals surface area contributed by atoms with E-state index in [9.17, 15) is 32.7 Å². The number of hydrogen-bond acceptors (Lipinski definition) is 10. The number of ether oxygens (including phenoxy) is 1. The maximum absolute atomic E-state index is 14.0. The third-order valence-electron chi connectivity index (χ3n) is 11.8. The molecule has 0 saturated carbocycles. The number of aliphatic hydroxyl groups excluding tert-OH is 1.